The Morgan fingerprint density at radius 2 is 1.96 bits per heavy atom. The van der Waals surface area contributed by atoms with E-state index < -0.39 is 0 Å². The number of methoxy groups -OCH3 is 2. The van der Waals surface area contributed by atoms with Crippen molar-refractivity contribution in [1.29, 1.82) is 0 Å². The van der Waals surface area contributed by atoms with Crippen LogP contribution in [0, 0.1) is 0 Å². The van der Waals surface area contributed by atoms with Crippen LogP contribution in [0.2, 0.25) is 0 Å². The quantitative estimate of drug-likeness (QED) is 0.747. The van der Waals surface area contributed by atoms with Crippen molar-refractivity contribution in [2.75, 3.05) is 19.5 Å². The molecule has 2 aromatic carbocycles. The first-order chi connectivity index (χ1) is 12.2. The molecule has 1 N–H and O–H groups in total. The number of nitrogens with one attached hydrogen (secondary N) is 1. The van der Waals surface area contributed by atoms with E-state index in [1.54, 1.807) is 49.5 Å². The number of hydrogen-bond donors (Lipinski definition) is 1. The van der Waals surface area contributed by atoms with Crippen molar-refractivity contribution in [3.63, 3.8) is 0 Å². The third-order valence-electron chi connectivity index (χ3n) is 3.64. The van der Waals surface area contributed by atoms with Crippen LogP contribution in [-0.4, -0.2) is 34.9 Å². The van der Waals surface area contributed by atoms with Gasteiger partial charge in [0.25, 0.3) is 5.91 Å². The van der Waals surface area contributed by atoms with Crippen LogP contribution in [0.15, 0.2) is 55.1 Å². The third kappa shape index (κ3) is 3.95. The Hall–Kier alpha value is -3.35. The van der Waals surface area contributed by atoms with Gasteiger partial charge in [0.15, 0.2) is 11.5 Å². The lowest BCUT2D eigenvalue weighted by Crippen LogP contribution is -2.12. The second kappa shape index (κ2) is 7.48. The molecule has 3 rings (SSSR count). The highest BCUT2D eigenvalue weighted by atomic mass is 16.5. The van der Waals surface area contributed by atoms with Gasteiger partial charge in [-0.15, -0.1) is 0 Å². The summed E-state index contributed by atoms with van der Waals surface area (Å²) < 4.78 is 12.1. The molecule has 0 saturated carbocycles. The van der Waals surface area contributed by atoms with Crippen molar-refractivity contribution >= 4 is 11.6 Å². The molecule has 0 aliphatic rings. The van der Waals surface area contributed by atoms with E-state index in [2.05, 4.69) is 15.4 Å². The Balaban J connectivity index is 1.75. The number of nitrogens with zero attached hydrogens (tertiary/aromatic N) is 3. The van der Waals surface area contributed by atoms with Crippen molar-refractivity contribution < 1.29 is 14.3 Å². The zero-order chi connectivity index (χ0) is 17.6. The first-order valence-corrected chi connectivity index (χ1v) is 7.64. The minimum absolute atomic E-state index is 0.201. The number of carbonyl (C=O) groups is 1. The topological polar surface area (TPSA) is 78.3 Å². The fourth-order valence-electron chi connectivity index (χ4n) is 2.43. The molecule has 0 fully saturated rings. The molecular formula is C18H18N4O3. The SMILES string of the molecule is COc1ccc(NC(=O)c2cccc(Cn3cncn3)c2)cc1OC. The molecule has 0 aliphatic heterocycles. The summed E-state index contributed by atoms with van der Waals surface area (Å²) in [6.45, 7) is 0.553. The maximum Gasteiger partial charge on any atom is 0.255 e. The molecule has 7 nitrogen and oxygen atoms in total. The molecule has 0 radical (unpaired) electrons. The second-order valence-electron chi connectivity index (χ2n) is 5.32. The Morgan fingerprint density at radius 3 is 2.68 bits per heavy atom. The number of carbonyl (C=O) groups excluding carboxylic acids is 1. The molecule has 0 saturated heterocycles. The monoisotopic (exact) mass is 338 g/mol. The van der Waals surface area contributed by atoms with Crippen LogP contribution in [0.25, 0.3) is 0 Å². The molecule has 0 atom stereocenters. The van der Waals surface area contributed by atoms with Gasteiger partial charge in [-0.1, -0.05) is 12.1 Å². The van der Waals surface area contributed by atoms with Gasteiger partial charge >= 0.3 is 0 Å². The number of hydrogen-bond acceptors (Lipinski definition) is 5. The lowest BCUT2D eigenvalue weighted by Gasteiger charge is -2.11. The van der Waals surface area contributed by atoms with Gasteiger partial charge in [-0.2, -0.15) is 5.10 Å². The van der Waals surface area contributed by atoms with Crippen LogP contribution in [-0.2, 0) is 6.54 Å². The normalized spacial score (nSPS) is 10.3. The molecule has 1 heterocycles. The Morgan fingerprint density at radius 1 is 1.12 bits per heavy atom. The molecule has 0 bridgehead atoms. The van der Waals surface area contributed by atoms with Crippen LogP contribution >= 0.6 is 0 Å². The molecule has 1 aromatic heterocycles. The van der Waals surface area contributed by atoms with E-state index in [9.17, 15) is 4.79 Å². The van der Waals surface area contributed by atoms with Gasteiger partial charge in [-0.05, 0) is 29.8 Å². The number of ether oxygens (including phenoxy) is 2. The fourth-order valence-corrected chi connectivity index (χ4v) is 2.43. The summed E-state index contributed by atoms with van der Waals surface area (Å²) in [5, 5.41) is 6.93. The first kappa shape index (κ1) is 16.5. The number of benzene rings is 2. The highest BCUT2D eigenvalue weighted by Gasteiger charge is 2.10. The molecule has 1 amide bonds. The number of anilines is 1. The molecule has 25 heavy (non-hydrogen) atoms. The lowest BCUT2D eigenvalue weighted by molar-refractivity contribution is 0.102. The Bertz CT molecular complexity index is 863. The fraction of sp³-hybridized carbons (Fsp3) is 0.167. The average Bonchev–Trinajstić information content (AvgIpc) is 3.14. The lowest BCUT2D eigenvalue weighted by atomic mass is 10.1. The van der Waals surface area contributed by atoms with E-state index in [0.717, 1.165) is 5.56 Å². The van der Waals surface area contributed by atoms with Crippen molar-refractivity contribution in [2.24, 2.45) is 0 Å². The number of rotatable bonds is 6. The standard InChI is InChI=1S/C18H18N4O3/c1-24-16-7-6-15(9-17(16)25-2)21-18(23)14-5-3-4-13(8-14)10-22-12-19-11-20-22/h3-9,11-12H,10H2,1-2H3,(H,21,23). The highest BCUT2D eigenvalue weighted by molar-refractivity contribution is 6.04. The zero-order valence-electron chi connectivity index (χ0n) is 14.0. The molecule has 0 unspecified atom stereocenters. The van der Waals surface area contributed by atoms with Crippen LogP contribution in [0.5, 0.6) is 11.5 Å². The Labute approximate surface area is 145 Å². The van der Waals surface area contributed by atoms with Crippen molar-refractivity contribution in [3.8, 4) is 11.5 Å². The predicted octanol–water partition coefficient (Wildman–Crippen LogP) is 2.60. The van der Waals surface area contributed by atoms with E-state index in [-0.39, 0.29) is 5.91 Å². The minimum atomic E-state index is -0.201. The molecule has 7 heteroatoms. The van der Waals surface area contributed by atoms with E-state index in [4.69, 9.17) is 9.47 Å². The van der Waals surface area contributed by atoms with Crippen LogP contribution in [0.4, 0.5) is 5.69 Å². The average molecular weight is 338 g/mol. The van der Waals surface area contributed by atoms with Gasteiger partial charge in [0.05, 0.1) is 20.8 Å². The zero-order valence-corrected chi connectivity index (χ0v) is 14.0. The number of amides is 1. The van der Waals surface area contributed by atoms with Gasteiger partial charge < -0.3 is 14.8 Å². The largest absolute Gasteiger partial charge is 0.493 e. The van der Waals surface area contributed by atoms with Crippen molar-refractivity contribution in [3.05, 3.63) is 66.2 Å². The van der Waals surface area contributed by atoms with Crippen molar-refractivity contribution in [1.82, 2.24) is 14.8 Å². The highest BCUT2D eigenvalue weighted by Crippen LogP contribution is 2.29. The van der Waals surface area contributed by atoms with E-state index in [1.165, 1.54) is 6.33 Å². The Kier molecular flexibility index (Phi) is 4.94. The van der Waals surface area contributed by atoms with Crippen LogP contribution in [0.3, 0.4) is 0 Å². The van der Waals surface area contributed by atoms with Crippen molar-refractivity contribution in [2.45, 2.75) is 6.54 Å². The molecule has 3 aromatic rings. The summed E-state index contributed by atoms with van der Waals surface area (Å²) >= 11 is 0. The molecule has 0 aliphatic carbocycles. The van der Waals surface area contributed by atoms with Gasteiger partial charge in [-0.3, -0.25) is 4.79 Å². The summed E-state index contributed by atoms with van der Waals surface area (Å²) in [6.07, 6.45) is 3.12. The third-order valence-corrected chi connectivity index (χ3v) is 3.64. The second-order valence-corrected chi connectivity index (χ2v) is 5.32. The minimum Gasteiger partial charge on any atom is -0.493 e. The summed E-state index contributed by atoms with van der Waals surface area (Å²) in [7, 11) is 3.12. The van der Waals surface area contributed by atoms with Crippen LogP contribution < -0.4 is 14.8 Å². The van der Waals surface area contributed by atoms with E-state index in [1.807, 2.05) is 18.2 Å². The smallest absolute Gasteiger partial charge is 0.255 e. The molecular weight excluding hydrogens is 320 g/mol. The summed E-state index contributed by atoms with van der Waals surface area (Å²) in [6, 6.07) is 12.6. The molecule has 0 spiro atoms. The molecule has 128 valence electrons. The van der Waals surface area contributed by atoms with Gasteiger partial charge in [0.1, 0.15) is 12.7 Å². The van der Waals surface area contributed by atoms with Gasteiger partial charge in [0, 0.05) is 17.3 Å². The summed E-state index contributed by atoms with van der Waals surface area (Å²) in [4.78, 5) is 16.4. The first-order valence-electron chi connectivity index (χ1n) is 7.64. The maximum absolute atomic E-state index is 12.5. The number of aromatic nitrogens is 3. The van der Waals surface area contributed by atoms with Crippen LogP contribution in [0.1, 0.15) is 15.9 Å². The van der Waals surface area contributed by atoms with Gasteiger partial charge in [-0.25, -0.2) is 9.67 Å². The van der Waals surface area contributed by atoms with Gasteiger partial charge in [0.2, 0.25) is 0 Å². The predicted molar refractivity (Wildman–Crippen MR) is 93.1 cm³/mol. The van der Waals surface area contributed by atoms with E-state index >= 15 is 0 Å². The van der Waals surface area contributed by atoms with E-state index in [0.29, 0.717) is 29.3 Å². The summed E-state index contributed by atoms with van der Waals surface area (Å²) in [5.74, 6) is 0.961. The maximum atomic E-state index is 12.5. The summed E-state index contributed by atoms with van der Waals surface area (Å²) in [5.41, 5.74) is 2.15.